The van der Waals surface area contributed by atoms with Crippen molar-refractivity contribution in [2.75, 3.05) is 6.58 Å². The third kappa shape index (κ3) is 2.92. The Hall–Kier alpha value is -2.29. The molecule has 0 fully saturated rings. The van der Waals surface area contributed by atoms with Crippen LogP contribution in [0.2, 0.25) is 10.0 Å². The summed E-state index contributed by atoms with van der Waals surface area (Å²) >= 11 is 12.0. The summed E-state index contributed by atoms with van der Waals surface area (Å²) in [6, 6.07) is 20.4. The van der Waals surface area contributed by atoms with Gasteiger partial charge in [0.05, 0.1) is 12.0 Å². The van der Waals surface area contributed by atoms with Gasteiger partial charge >= 0.3 is 5.97 Å². The summed E-state index contributed by atoms with van der Waals surface area (Å²) in [4.78, 5) is 12.5. The van der Waals surface area contributed by atoms with Gasteiger partial charge in [-0.1, -0.05) is 71.7 Å². The van der Waals surface area contributed by atoms with Gasteiger partial charge in [0.2, 0.25) is 0 Å². The van der Waals surface area contributed by atoms with Crippen molar-refractivity contribution in [3.05, 3.63) is 93.5 Å². The van der Waals surface area contributed by atoms with E-state index in [2.05, 4.69) is 0 Å². The third-order valence-electron chi connectivity index (χ3n) is 4.34. The number of hydrogen-bond acceptors (Lipinski definition) is 2. The predicted octanol–water partition coefficient (Wildman–Crippen LogP) is 5.96. The molecule has 0 saturated carbocycles. The van der Waals surface area contributed by atoms with Crippen molar-refractivity contribution in [1.29, 1.82) is 0 Å². The maximum Gasteiger partial charge on any atom is 0.339 e. The van der Waals surface area contributed by atoms with Gasteiger partial charge in [-0.15, -0.1) is 0 Å². The summed E-state index contributed by atoms with van der Waals surface area (Å²) in [7, 11) is 0. The molecule has 1 unspecified atom stereocenters. The topological polar surface area (TPSA) is 26.3 Å². The van der Waals surface area contributed by atoms with Gasteiger partial charge in [0, 0.05) is 10.9 Å². The lowest BCUT2D eigenvalue weighted by molar-refractivity contribution is 0.0494. The second-order valence-electron chi connectivity index (χ2n) is 5.82. The van der Waals surface area contributed by atoms with E-state index in [4.69, 9.17) is 29.3 Å². The smallest absolute Gasteiger partial charge is 0.339 e. The normalized spacial score (nSPS) is 14.4. The molecule has 1 aliphatic rings. The number of halogens is 2. The van der Waals surface area contributed by atoms with E-state index in [0.717, 1.165) is 22.3 Å². The van der Waals surface area contributed by atoms with Crippen molar-refractivity contribution < 1.29 is 10.9 Å². The first-order chi connectivity index (χ1) is 12.6. The number of carbonyl (C=O) groups excluding carboxylic acids is 1. The van der Waals surface area contributed by atoms with E-state index in [1.54, 1.807) is 6.07 Å². The Morgan fingerprint density at radius 1 is 0.960 bits per heavy atom. The lowest BCUT2D eigenvalue weighted by atomic mass is 9.98. The lowest BCUT2D eigenvalue weighted by Gasteiger charge is -2.14. The summed E-state index contributed by atoms with van der Waals surface area (Å²) < 4.78 is 14.0. The van der Waals surface area contributed by atoms with Gasteiger partial charge in [-0.05, 0) is 40.5 Å². The average Bonchev–Trinajstić information content (AvgIpc) is 2.96. The fourth-order valence-electron chi connectivity index (χ4n) is 3.19. The van der Waals surface area contributed by atoms with E-state index in [-0.39, 0.29) is 16.5 Å². The van der Waals surface area contributed by atoms with Crippen LogP contribution in [0.1, 0.15) is 28.8 Å². The van der Waals surface area contributed by atoms with E-state index in [1.165, 1.54) is 12.1 Å². The minimum Gasteiger partial charge on any atom is -0.461 e. The molecule has 3 aromatic rings. The molecule has 0 N–H and O–H groups in total. The van der Waals surface area contributed by atoms with Crippen LogP contribution in [0.25, 0.3) is 11.1 Å². The van der Waals surface area contributed by atoms with Crippen molar-refractivity contribution in [3.8, 4) is 11.1 Å². The highest BCUT2D eigenvalue weighted by molar-refractivity contribution is 6.36. The molecule has 0 saturated heterocycles. The standard InChI is InChI=1S/C21H14Cl2O2/c22-13-9-10-18(20(23)11-13)21(24)25-12-19-16-7-3-1-5-14(16)15-6-2-4-8-17(15)19/h1-11,19H,12H2/i12D. The summed E-state index contributed by atoms with van der Waals surface area (Å²) in [6.45, 7) is -1.08. The van der Waals surface area contributed by atoms with E-state index in [1.807, 2.05) is 48.5 Å². The summed E-state index contributed by atoms with van der Waals surface area (Å²) in [6.07, 6.45) is 0. The fourth-order valence-corrected chi connectivity index (χ4v) is 3.68. The maximum absolute atomic E-state index is 12.5. The SMILES string of the molecule is [2H]C(OC(=O)c1ccc(Cl)cc1Cl)C1c2ccccc2-c2ccccc21. The molecule has 3 aromatic carbocycles. The van der Waals surface area contributed by atoms with Gasteiger partial charge in [-0.3, -0.25) is 0 Å². The number of rotatable bonds is 3. The van der Waals surface area contributed by atoms with Gasteiger partial charge in [-0.25, -0.2) is 4.79 Å². The quantitative estimate of drug-likeness (QED) is 0.532. The van der Waals surface area contributed by atoms with Crippen molar-refractivity contribution >= 4 is 29.2 Å². The molecule has 1 atom stereocenters. The molecule has 2 nitrogen and oxygen atoms in total. The Balaban J connectivity index is 1.66. The molecular formula is C21H14Cl2O2. The second-order valence-corrected chi connectivity index (χ2v) is 6.66. The molecule has 25 heavy (non-hydrogen) atoms. The van der Waals surface area contributed by atoms with Crippen molar-refractivity contribution in [1.82, 2.24) is 0 Å². The molecule has 0 heterocycles. The second kappa shape index (κ2) is 6.55. The molecule has 0 amide bonds. The van der Waals surface area contributed by atoms with E-state index in [0.29, 0.717) is 5.02 Å². The van der Waals surface area contributed by atoms with Crippen LogP contribution in [0, 0.1) is 0 Å². The molecule has 0 aliphatic heterocycles. The van der Waals surface area contributed by atoms with Gasteiger partial charge in [0.25, 0.3) is 0 Å². The van der Waals surface area contributed by atoms with Crippen molar-refractivity contribution in [2.45, 2.75) is 5.92 Å². The van der Waals surface area contributed by atoms with Gasteiger partial charge < -0.3 is 4.74 Å². The van der Waals surface area contributed by atoms with Gasteiger partial charge in [0.1, 0.15) is 6.58 Å². The average molecular weight is 370 g/mol. The Labute approximate surface area is 157 Å². The summed E-state index contributed by atoms with van der Waals surface area (Å²) in [5.41, 5.74) is 4.33. The number of hydrogen-bond donors (Lipinski definition) is 0. The highest BCUT2D eigenvalue weighted by atomic mass is 35.5. The van der Waals surface area contributed by atoms with Crippen LogP contribution in [0.4, 0.5) is 0 Å². The molecule has 124 valence electrons. The summed E-state index contributed by atoms with van der Waals surface area (Å²) in [5, 5.41) is 0.648. The van der Waals surface area contributed by atoms with Crippen LogP contribution < -0.4 is 0 Å². The number of esters is 1. The predicted molar refractivity (Wildman–Crippen MR) is 100 cm³/mol. The molecule has 0 spiro atoms. The molecular weight excluding hydrogens is 355 g/mol. The molecule has 4 heteroatoms. The first-order valence-electron chi connectivity index (χ1n) is 8.40. The van der Waals surface area contributed by atoms with Gasteiger partial charge in [0.15, 0.2) is 0 Å². The zero-order valence-electron chi connectivity index (χ0n) is 14.1. The van der Waals surface area contributed by atoms with Gasteiger partial charge in [-0.2, -0.15) is 0 Å². The Morgan fingerprint density at radius 2 is 1.56 bits per heavy atom. The van der Waals surface area contributed by atoms with E-state index < -0.39 is 12.6 Å². The molecule has 1 aliphatic carbocycles. The Kier molecular flexibility index (Phi) is 3.93. The zero-order valence-corrected chi connectivity index (χ0v) is 14.6. The van der Waals surface area contributed by atoms with E-state index >= 15 is 0 Å². The van der Waals surface area contributed by atoms with Crippen LogP contribution >= 0.6 is 23.2 Å². The fraction of sp³-hybridized carbons (Fsp3) is 0.0952. The maximum atomic E-state index is 12.5. The number of carbonyl (C=O) groups is 1. The molecule has 0 radical (unpaired) electrons. The summed E-state index contributed by atoms with van der Waals surface area (Å²) in [5.74, 6) is -0.967. The number of benzene rings is 3. The number of ether oxygens (including phenoxy) is 1. The highest BCUT2D eigenvalue weighted by Crippen LogP contribution is 2.44. The zero-order chi connectivity index (χ0) is 18.3. The molecule has 4 rings (SSSR count). The first-order valence-corrected chi connectivity index (χ1v) is 8.58. The largest absolute Gasteiger partial charge is 0.461 e. The molecule has 0 aromatic heterocycles. The minimum absolute atomic E-state index is 0.202. The monoisotopic (exact) mass is 369 g/mol. The first kappa shape index (κ1) is 15.0. The van der Waals surface area contributed by atoms with Crippen LogP contribution in [0.3, 0.4) is 0 Å². The van der Waals surface area contributed by atoms with E-state index in [9.17, 15) is 4.79 Å². The van der Waals surface area contributed by atoms with Crippen LogP contribution in [0.15, 0.2) is 66.7 Å². The van der Waals surface area contributed by atoms with Crippen LogP contribution in [-0.4, -0.2) is 12.6 Å². The Bertz CT molecular complexity index is 957. The van der Waals surface area contributed by atoms with Crippen LogP contribution in [0.5, 0.6) is 0 Å². The highest BCUT2D eigenvalue weighted by Gasteiger charge is 2.29. The Morgan fingerprint density at radius 3 is 2.16 bits per heavy atom. The lowest BCUT2D eigenvalue weighted by Crippen LogP contribution is -2.13. The number of fused-ring (bicyclic) bond motifs is 3. The van der Waals surface area contributed by atoms with Crippen molar-refractivity contribution in [3.63, 3.8) is 0 Å². The van der Waals surface area contributed by atoms with Crippen molar-refractivity contribution in [2.24, 2.45) is 0 Å². The molecule has 0 bridgehead atoms. The minimum atomic E-state index is -1.08. The van der Waals surface area contributed by atoms with Crippen LogP contribution in [-0.2, 0) is 4.74 Å². The third-order valence-corrected chi connectivity index (χ3v) is 4.89.